The molecule has 1 aromatic carbocycles. The number of rotatable bonds is 7. The predicted molar refractivity (Wildman–Crippen MR) is 114 cm³/mol. The van der Waals surface area contributed by atoms with Crippen molar-refractivity contribution in [3.05, 3.63) is 75.5 Å². The lowest BCUT2D eigenvalue weighted by Gasteiger charge is -2.21. The summed E-state index contributed by atoms with van der Waals surface area (Å²) in [5, 5.41) is 8.71. The van der Waals surface area contributed by atoms with Crippen molar-refractivity contribution >= 4 is 23.2 Å². The Kier molecular flexibility index (Phi) is 6.25. The van der Waals surface area contributed by atoms with Gasteiger partial charge in [0.05, 0.1) is 37.1 Å². The molecule has 156 valence electrons. The Morgan fingerprint density at radius 3 is 2.83 bits per heavy atom. The number of amides is 2. The van der Waals surface area contributed by atoms with Gasteiger partial charge in [0.25, 0.3) is 11.8 Å². The van der Waals surface area contributed by atoms with Crippen molar-refractivity contribution in [3.8, 4) is 0 Å². The van der Waals surface area contributed by atoms with Crippen LogP contribution in [0.25, 0.3) is 0 Å². The first-order valence-electron chi connectivity index (χ1n) is 10.00. The van der Waals surface area contributed by atoms with Crippen LogP contribution in [0.5, 0.6) is 0 Å². The van der Waals surface area contributed by atoms with Gasteiger partial charge < -0.3 is 19.9 Å². The van der Waals surface area contributed by atoms with Gasteiger partial charge in [0.1, 0.15) is 10.7 Å². The minimum atomic E-state index is -0.228. The van der Waals surface area contributed by atoms with Gasteiger partial charge in [-0.1, -0.05) is 37.3 Å². The number of nitrogens with one attached hydrogen (secondary N) is 2. The number of hydrogen-bond donors (Lipinski definition) is 2. The molecule has 0 spiro atoms. The zero-order valence-corrected chi connectivity index (χ0v) is 17.6. The summed E-state index contributed by atoms with van der Waals surface area (Å²) in [5.74, 6) is -0.415. The molecule has 1 atom stereocenters. The van der Waals surface area contributed by atoms with Crippen LogP contribution in [0.4, 0.5) is 0 Å². The smallest absolute Gasteiger partial charge is 0.268 e. The molecular weight excluding hydrogens is 400 g/mol. The lowest BCUT2D eigenvalue weighted by molar-refractivity contribution is 0.0775. The van der Waals surface area contributed by atoms with Crippen molar-refractivity contribution in [1.82, 2.24) is 20.2 Å². The van der Waals surface area contributed by atoms with E-state index in [9.17, 15) is 9.59 Å². The van der Waals surface area contributed by atoms with Gasteiger partial charge in [-0.3, -0.25) is 9.59 Å². The van der Waals surface area contributed by atoms with E-state index in [1.165, 1.54) is 11.3 Å². The van der Waals surface area contributed by atoms with E-state index in [4.69, 9.17) is 4.74 Å². The first-order chi connectivity index (χ1) is 14.7. The quantitative estimate of drug-likeness (QED) is 0.610. The average molecular weight is 425 g/mol. The summed E-state index contributed by atoms with van der Waals surface area (Å²) in [4.78, 5) is 30.1. The van der Waals surface area contributed by atoms with Crippen LogP contribution in [0.15, 0.2) is 48.0 Å². The monoisotopic (exact) mass is 424 g/mol. The molecule has 2 aromatic heterocycles. The van der Waals surface area contributed by atoms with Gasteiger partial charge in [0.15, 0.2) is 0 Å². The van der Waals surface area contributed by atoms with E-state index in [1.807, 2.05) is 47.2 Å². The lowest BCUT2D eigenvalue weighted by Crippen LogP contribution is -2.31. The average Bonchev–Trinajstić information content (AvgIpc) is 3.44. The zero-order valence-electron chi connectivity index (χ0n) is 16.8. The standard InChI is InChI=1S/C22H24N4O3S/c1-2-17(15-6-4-3-5-7-15)25-22(28)18-12-16(19-14-29-10-9-26(18)19)21(27)24-13-20-23-8-11-30-20/h3-8,11-12,17H,2,9-10,13-14H2,1H3,(H,24,27)(H,25,28). The molecule has 1 unspecified atom stereocenters. The van der Waals surface area contributed by atoms with Gasteiger partial charge in [0, 0.05) is 18.1 Å². The van der Waals surface area contributed by atoms with E-state index in [2.05, 4.69) is 15.6 Å². The molecule has 3 heterocycles. The van der Waals surface area contributed by atoms with Crippen molar-refractivity contribution in [3.63, 3.8) is 0 Å². The molecule has 2 amide bonds. The van der Waals surface area contributed by atoms with E-state index in [0.29, 0.717) is 37.6 Å². The second kappa shape index (κ2) is 9.23. The highest BCUT2D eigenvalue weighted by molar-refractivity contribution is 7.09. The highest BCUT2D eigenvalue weighted by Crippen LogP contribution is 2.23. The van der Waals surface area contributed by atoms with Crippen LogP contribution in [0.1, 0.15) is 56.5 Å². The fourth-order valence-electron chi connectivity index (χ4n) is 3.64. The maximum atomic E-state index is 13.1. The van der Waals surface area contributed by atoms with Crippen LogP contribution in [-0.2, 0) is 24.4 Å². The van der Waals surface area contributed by atoms with Gasteiger partial charge in [-0.2, -0.15) is 0 Å². The molecule has 1 aliphatic heterocycles. The maximum absolute atomic E-state index is 13.1. The summed E-state index contributed by atoms with van der Waals surface area (Å²) in [5.41, 5.74) is 2.76. The normalized spacial score (nSPS) is 14.0. The van der Waals surface area contributed by atoms with Crippen molar-refractivity contribution < 1.29 is 14.3 Å². The van der Waals surface area contributed by atoms with Gasteiger partial charge in [-0.05, 0) is 18.1 Å². The molecule has 0 bridgehead atoms. The molecule has 0 saturated heterocycles. The van der Waals surface area contributed by atoms with E-state index in [1.54, 1.807) is 12.3 Å². The minimum Gasteiger partial charge on any atom is -0.373 e. The van der Waals surface area contributed by atoms with Crippen molar-refractivity contribution in [1.29, 1.82) is 0 Å². The third-order valence-corrected chi connectivity index (χ3v) is 5.96. The number of ether oxygens (including phenoxy) is 1. The minimum absolute atomic E-state index is 0.0909. The summed E-state index contributed by atoms with van der Waals surface area (Å²) >= 11 is 1.49. The molecule has 3 aromatic rings. The first-order valence-corrected chi connectivity index (χ1v) is 10.9. The van der Waals surface area contributed by atoms with Crippen LogP contribution < -0.4 is 10.6 Å². The Hall–Kier alpha value is -2.97. The van der Waals surface area contributed by atoms with Crippen LogP contribution in [0, 0.1) is 0 Å². The van der Waals surface area contributed by atoms with Gasteiger partial charge >= 0.3 is 0 Å². The third kappa shape index (κ3) is 4.29. The Morgan fingerprint density at radius 1 is 1.27 bits per heavy atom. The first kappa shape index (κ1) is 20.3. The van der Waals surface area contributed by atoms with Crippen LogP contribution >= 0.6 is 11.3 Å². The number of thiazole rings is 1. The number of nitrogens with zero attached hydrogens (tertiary/aromatic N) is 2. The Labute approximate surface area is 179 Å². The fraction of sp³-hybridized carbons (Fsp3) is 0.318. The Balaban J connectivity index is 1.55. The number of hydrogen-bond acceptors (Lipinski definition) is 5. The Bertz CT molecular complexity index is 1010. The number of carbonyl (C=O) groups excluding carboxylic acids is 2. The van der Waals surface area contributed by atoms with Gasteiger partial charge in [-0.15, -0.1) is 11.3 Å². The highest BCUT2D eigenvalue weighted by atomic mass is 32.1. The van der Waals surface area contributed by atoms with E-state index < -0.39 is 0 Å². The maximum Gasteiger partial charge on any atom is 0.268 e. The SMILES string of the molecule is CCC(NC(=O)c1cc(C(=O)NCc2nccs2)c2n1CCOC2)c1ccccc1. The van der Waals surface area contributed by atoms with Crippen LogP contribution in [0.2, 0.25) is 0 Å². The van der Waals surface area contributed by atoms with E-state index >= 15 is 0 Å². The van der Waals surface area contributed by atoms with Gasteiger partial charge in [0.2, 0.25) is 0 Å². The molecule has 0 aliphatic carbocycles. The van der Waals surface area contributed by atoms with Crippen molar-refractivity contribution in [2.45, 2.75) is 39.1 Å². The topological polar surface area (TPSA) is 85.3 Å². The summed E-state index contributed by atoms with van der Waals surface area (Å²) in [6.07, 6.45) is 2.48. The molecule has 2 N–H and O–H groups in total. The van der Waals surface area contributed by atoms with Crippen LogP contribution in [0.3, 0.4) is 0 Å². The molecule has 1 aliphatic rings. The summed E-state index contributed by atoms with van der Waals surface area (Å²) in [6.45, 7) is 3.76. The summed E-state index contributed by atoms with van der Waals surface area (Å²) in [7, 11) is 0. The Morgan fingerprint density at radius 2 is 2.10 bits per heavy atom. The molecule has 7 nitrogen and oxygen atoms in total. The summed E-state index contributed by atoms with van der Waals surface area (Å²) in [6, 6.07) is 11.5. The fourth-order valence-corrected chi connectivity index (χ4v) is 4.20. The number of carbonyl (C=O) groups is 2. The second-order valence-electron chi connectivity index (χ2n) is 7.05. The van der Waals surface area contributed by atoms with Gasteiger partial charge in [-0.25, -0.2) is 4.98 Å². The number of benzene rings is 1. The van der Waals surface area contributed by atoms with Crippen LogP contribution in [-0.4, -0.2) is 28.0 Å². The number of fused-ring (bicyclic) bond motifs is 1. The second-order valence-corrected chi connectivity index (χ2v) is 8.03. The van der Waals surface area contributed by atoms with E-state index in [0.717, 1.165) is 22.7 Å². The molecule has 0 saturated carbocycles. The number of aromatic nitrogens is 2. The van der Waals surface area contributed by atoms with E-state index in [-0.39, 0.29) is 17.9 Å². The molecule has 8 heteroatoms. The third-order valence-electron chi connectivity index (χ3n) is 5.18. The predicted octanol–water partition coefficient (Wildman–Crippen LogP) is 3.29. The largest absolute Gasteiger partial charge is 0.373 e. The molecule has 4 rings (SSSR count). The zero-order chi connectivity index (χ0) is 20.9. The van der Waals surface area contributed by atoms with Crippen molar-refractivity contribution in [2.24, 2.45) is 0 Å². The lowest BCUT2D eigenvalue weighted by atomic mass is 10.0. The highest BCUT2D eigenvalue weighted by Gasteiger charge is 2.27. The molecule has 30 heavy (non-hydrogen) atoms. The molecule has 0 fully saturated rings. The summed E-state index contributed by atoms with van der Waals surface area (Å²) < 4.78 is 7.46. The molecule has 0 radical (unpaired) electrons. The molecular formula is C22H24N4O3S. The van der Waals surface area contributed by atoms with Crippen molar-refractivity contribution in [2.75, 3.05) is 6.61 Å².